The first kappa shape index (κ1) is 16.9. The number of allylic oxidation sites excluding steroid dienone is 1. The van der Waals surface area contributed by atoms with Crippen molar-refractivity contribution >= 4 is 5.97 Å². The third kappa shape index (κ3) is 3.77. The van der Waals surface area contributed by atoms with Gasteiger partial charge in [-0.3, -0.25) is 14.3 Å². The zero-order chi connectivity index (χ0) is 17.8. The number of hydrogen-bond acceptors (Lipinski definition) is 5. The van der Waals surface area contributed by atoms with Crippen LogP contribution in [-0.2, 0) is 4.74 Å². The molecular formula is C18H18N2O5. The predicted molar refractivity (Wildman–Crippen MR) is 90.3 cm³/mol. The number of esters is 1. The molecule has 0 bridgehead atoms. The van der Waals surface area contributed by atoms with E-state index >= 15 is 0 Å². The molecule has 2 aromatic rings. The number of carbonyl (C=O) groups is 1. The lowest BCUT2D eigenvalue weighted by atomic mass is 9.90. The number of aromatic nitrogens is 2. The van der Waals surface area contributed by atoms with Gasteiger partial charge in [0.25, 0.3) is 5.56 Å². The lowest BCUT2D eigenvalue weighted by molar-refractivity contribution is 0.00397. The summed E-state index contributed by atoms with van der Waals surface area (Å²) in [5.41, 5.74) is -0.578. The van der Waals surface area contributed by atoms with E-state index in [1.54, 1.807) is 42.5 Å². The Hall–Kier alpha value is -2.93. The second-order valence-electron chi connectivity index (χ2n) is 5.86. The zero-order valence-electron chi connectivity index (χ0n) is 13.4. The summed E-state index contributed by atoms with van der Waals surface area (Å²) in [5, 5.41) is 9.53. The minimum absolute atomic E-state index is 0.170. The molecule has 0 aliphatic heterocycles. The first-order valence-electron chi connectivity index (χ1n) is 7.95. The van der Waals surface area contributed by atoms with Crippen molar-refractivity contribution in [2.75, 3.05) is 6.61 Å². The van der Waals surface area contributed by atoms with Crippen molar-refractivity contribution in [3.05, 3.63) is 81.1 Å². The van der Waals surface area contributed by atoms with E-state index in [4.69, 9.17) is 4.74 Å². The van der Waals surface area contributed by atoms with Crippen LogP contribution in [0.25, 0.3) is 0 Å². The zero-order valence-corrected chi connectivity index (χ0v) is 13.4. The molecule has 7 heteroatoms. The molecule has 1 aliphatic carbocycles. The van der Waals surface area contributed by atoms with Crippen molar-refractivity contribution in [2.24, 2.45) is 5.92 Å². The molecule has 0 fully saturated rings. The molecule has 0 radical (unpaired) electrons. The number of carbonyl (C=O) groups excluding carboxylic acids is 1. The molecule has 25 heavy (non-hydrogen) atoms. The van der Waals surface area contributed by atoms with E-state index in [2.05, 4.69) is 4.98 Å². The quantitative estimate of drug-likeness (QED) is 0.634. The van der Waals surface area contributed by atoms with E-state index in [1.165, 1.54) is 16.8 Å². The van der Waals surface area contributed by atoms with E-state index in [1.807, 2.05) is 0 Å². The van der Waals surface area contributed by atoms with Gasteiger partial charge in [0, 0.05) is 24.6 Å². The van der Waals surface area contributed by atoms with Gasteiger partial charge in [0.15, 0.2) is 0 Å². The maximum atomic E-state index is 12.3. The molecule has 3 atom stereocenters. The van der Waals surface area contributed by atoms with Gasteiger partial charge in [-0.1, -0.05) is 30.4 Å². The van der Waals surface area contributed by atoms with Crippen LogP contribution in [-0.4, -0.2) is 33.3 Å². The highest BCUT2D eigenvalue weighted by Gasteiger charge is 2.30. The molecule has 3 unspecified atom stereocenters. The highest BCUT2D eigenvalue weighted by atomic mass is 16.5. The number of nitrogens with zero attached hydrogens (tertiary/aromatic N) is 1. The fourth-order valence-electron chi connectivity index (χ4n) is 2.87. The standard InChI is InChI=1S/C18H18N2O5/c21-11-13-6-7-14(20-9-8-16(22)19-18(20)24)10-15(13)25-17(23)12-4-2-1-3-5-12/h1-9,13-15,21H,10-11H2,(H,19,22,24). The third-order valence-corrected chi connectivity index (χ3v) is 4.22. The van der Waals surface area contributed by atoms with Crippen molar-refractivity contribution in [3.8, 4) is 0 Å². The minimum Gasteiger partial charge on any atom is -0.458 e. The molecule has 0 saturated carbocycles. The number of nitrogens with one attached hydrogen (secondary N) is 1. The summed E-state index contributed by atoms with van der Waals surface area (Å²) in [4.78, 5) is 37.6. The van der Waals surface area contributed by atoms with Crippen LogP contribution < -0.4 is 11.2 Å². The van der Waals surface area contributed by atoms with Crippen LogP contribution in [0, 0.1) is 5.92 Å². The second-order valence-corrected chi connectivity index (χ2v) is 5.86. The van der Waals surface area contributed by atoms with Crippen LogP contribution >= 0.6 is 0 Å². The van der Waals surface area contributed by atoms with E-state index in [0.29, 0.717) is 12.0 Å². The Labute approximate surface area is 143 Å². The highest BCUT2D eigenvalue weighted by molar-refractivity contribution is 5.89. The normalized spacial score (nSPS) is 22.5. The fourth-order valence-corrected chi connectivity index (χ4v) is 2.87. The molecule has 0 spiro atoms. The molecule has 0 amide bonds. The molecule has 3 rings (SSSR count). The Morgan fingerprint density at radius 1 is 1.20 bits per heavy atom. The average molecular weight is 342 g/mol. The SMILES string of the molecule is O=C(OC1CC(n2ccc(=O)[nH]c2=O)C=CC1CO)c1ccccc1. The lowest BCUT2D eigenvalue weighted by Crippen LogP contribution is -2.38. The summed E-state index contributed by atoms with van der Waals surface area (Å²) < 4.78 is 6.93. The Morgan fingerprint density at radius 3 is 2.64 bits per heavy atom. The summed E-state index contributed by atoms with van der Waals surface area (Å²) in [7, 11) is 0. The highest BCUT2D eigenvalue weighted by Crippen LogP contribution is 2.28. The predicted octanol–water partition coefficient (Wildman–Crippen LogP) is 0.872. The van der Waals surface area contributed by atoms with Crippen LogP contribution in [0.15, 0.2) is 64.3 Å². The van der Waals surface area contributed by atoms with E-state index < -0.39 is 23.3 Å². The van der Waals surface area contributed by atoms with Gasteiger partial charge in [-0.2, -0.15) is 0 Å². The summed E-state index contributed by atoms with van der Waals surface area (Å²) in [5.74, 6) is -0.825. The molecule has 2 N–H and O–H groups in total. The van der Waals surface area contributed by atoms with Crippen LogP contribution in [0.1, 0.15) is 22.8 Å². The minimum atomic E-state index is -0.577. The van der Waals surface area contributed by atoms with Crippen LogP contribution in [0.5, 0.6) is 0 Å². The number of hydrogen-bond donors (Lipinski definition) is 2. The van der Waals surface area contributed by atoms with Crippen LogP contribution in [0.4, 0.5) is 0 Å². The van der Waals surface area contributed by atoms with Gasteiger partial charge in [-0.05, 0) is 12.1 Å². The maximum Gasteiger partial charge on any atom is 0.338 e. The van der Waals surface area contributed by atoms with Crippen molar-refractivity contribution < 1.29 is 14.6 Å². The van der Waals surface area contributed by atoms with Gasteiger partial charge < -0.3 is 9.84 Å². The number of H-pyrrole nitrogens is 1. The van der Waals surface area contributed by atoms with E-state index in [-0.39, 0.29) is 18.6 Å². The van der Waals surface area contributed by atoms with Gasteiger partial charge in [-0.15, -0.1) is 0 Å². The summed E-state index contributed by atoms with van der Waals surface area (Å²) in [6.45, 7) is -0.170. The van der Waals surface area contributed by atoms with Crippen LogP contribution in [0.2, 0.25) is 0 Å². The lowest BCUT2D eigenvalue weighted by Gasteiger charge is -2.31. The van der Waals surface area contributed by atoms with Gasteiger partial charge in [0.2, 0.25) is 0 Å². The average Bonchev–Trinajstić information content (AvgIpc) is 2.62. The first-order valence-corrected chi connectivity index (χ1v) is 7.95. The molecule has 7 nitrogen and oxygen atoms in total. The smallest absolute Gasteiger partial charge is 0.338 e. The number of aliphatic hydroxyl groups excluding tert-OH is 1. The van der Waals surface area contributed by atoms with Crippen LogP contribution in [0.3, 0.4) is 0 Å². The molecule has 1 aromatic carbocycles. The monoisotopic (exact) mass is 342 g/mol. The van der Waals surface area contributed by atoms with Crippen molar-refractivity contribution in [1.82, 2.24) is 9.55 Å². The van der Waals surface area contributed by atoms with Crippen molar-refractivity contribution in [1.29, 1.82) is 0 Å². The summed E-state index contributed by atoms with van der Waals surface area (Å²) in [6, 6.07) is 9.47. The number of aliphatic hydroxyl groups is 1. The Kier molecular flexibility index (Phi) is 4.95. The van der Waals surface area contributed by atoms with Crippen molar-refractivity contribution in [3.63, 3.8) is 0 Å². The number of benzene rings is 1. The summed E-state index contributed by atoms with van der Waals surface area (Å²) in [6.07, 6.45) is 4.66. The maximum absolute atomic E-state index is 12.3. The number of ether oxygens (including phenoxy) is 1. The molecular weight excluding hydrogens is 324 g/mol. The van der Waals surface area contributed by atoms with E-state index in [9.17, 15) is 19.5 Å². The number of rotatable bonds is 4. The van der Waals surface area contributed by atoms with Gasteiger partial charge in [0.1, 0.15) is 6.10 Å². The fraction of sp³-hybridized carbons (Fsp3) is 0.278. The van der Waals surface area contributed by atoms with Crippen molar-refractivity contribution in [2.45, 2.75) is 18.6 Å². The largest absolute Gasteiger partial charge is 0.458 e. The van der Waals surface area contributed by atoms with Gasteiger partial charge in [0.05, 0.1) is 18.2 Å². The third-order valence-electron chi connectivity index (χ3n) is 4.22. The molecule has 1 aromatic heterocycles. The Balaban J connectivity index is 1.81. The summed E-state index contributed by atoms with van der Waals surface area (Å²) >= 11 is 0. The van der Waals surface area contributed by atoms with Gasteiger partial charge >= 0.3 is 11.7 Å². The molecule has 1 aliphatic rings. The second kappa shape index (κ2) is 7.31. The molecule has 130 valence electrons. The van der Waals surface area contributed by atoms with E-state index in [0.717, 1.165) is 0 Å². The van der Waals surface area contributed by atoms with Gasteiger partial charge in [-0.25, -0.2) is 9.59 Å². The first-order chi connectivity index (χ1) is 12.1. The Morgan fingerprint density at radius 2 is 1.96 bits per heavy atom. The number of aromatic amines is 1. The topological polar surface area (TPSA) is 101 Å². The Bertz CT molecular complexity index is 884. The molecule has 1 heterocycles. The molecule has 0 saturated heterocycles.